The molecule has 0 amide bonds. The highest BCUT2D eigenvalue weighted by molar-refractivity contribution is 5.76. The first-order valence-corrected chi connectivity index (χ1v) is 3.93. The van der Waals surface area contributed by atoms with Crippen molar-refractivity contribution in [2.45, 2.75) is 26.9 Å². The van der Waals surface area contributed by atoms with E-state index in [1.165, 1.54) is 20.5 Å². The van der Waals surface area contributed by atoms with Gasteiger partial charge >= 0.3 is 12.1 Å². The van der Waals surface area contributed by atoms with E-state index >= 15 is 0 Å². The minimum absolute atomic E-state index is 0.251. The lowest BCUT2D eigenvalue weighted by Gasteiger charge is -2.10. The van der Waals surface area contributed by atoms with Gasteiger partial charge in [-0.05, 0) is 20.8 Å². The highest BCUT2D eigenvalue weighted by Crippen LogP contribution is 1.98. The zero-order chi connectivity index (χ0) is 10.3. The molecule has 0 aromatic heterocycles. The SMILES string of the molecule is C[CH]OC(=O)O[C@H](C)C(=O)OCC. The normalized spacial score (nSPS) is 11.6. The first-order valence-electron chi connectivity index (χ1n) is 3.93. The van der Waals surface area contributed by atoms with Gasteiger partial charge in [0.15, 0.2) is 6.10 Å². The molecule has 0 fully saturated rings. The van der Waals surface area contributed by atoms with E-state index in [2.05, 4.69) is 14.2 Å². The van der Waals surface area contributed by atoms with Gasteiger partial charge in [0.1, 0.15) is 6.61 Å². The molecule has 0 N–H and O–H groups in total. The van der Waals surface area contributed by atoms with Crippen LogP contribution in [0.5, 0.6) is 0 Å². The van der Waals surface area contributed by atoms with Crippen LogP contribution in [0, 0.1) is 6.61 Å². The second-order valence-corrected chi connectivity index (χ2v) is 2.12. The summed E-state index contributed by atoms with van der Waals surface area (Å²) in [6, 6.07) is 0. The average molecular weight is 189 g/mol. The lowest BCUT2D eigenvalue weighted by atomic mass is 10.4. The second-order valence-electron chi connectivity index (χ2n) is 2.12. The summed E-state index contributed by atoms with van der Waals surface area (Å²) in [4.78, 5) is 21.6. The molecule has 0 spiro atoms. The van der Waals surface area contributed by atoms with E-state index in [4.69, 9.17) is 0 Å². The van der Waals surface area contributed by atoms with Crippen LogP contribution in [0.4, 0.5) is 4.79 Å². The quantitative estimate of drug-likeness (QED) is 0.623. The number of hydrogen-bond acceptors (Lipinski definition) is 5. The number of esters is 1. The van der Waals surface area contributed by atoms with Crippen molar-refractivity contribution in [1.29, 1.82) is 0 Å². The molecular formula is C8H13O5. The molecule has 1 radical (unpaired) electrons. The maximum absolute atomic E-state index is 10.9. The molecule has 0 aliphatic rings. The van der Waals surface area contributed by atoms with Gasteiger partial charge in [0, 0.05) is 0 Å². The molecule has 0 bridgehead atoms. The molecule has 0 unspecified atom stereocenters. The highest BCUT2D eigenvalue weighted by atomic mass is 16.7. The van der Waals surface area contributed by atoms with Crippen molar-refractivity contribution in [3.05, 3.63) is 6.61 Å². The number of carbonyl (C=O) groups excluding carboxylic acids is 2. The second kappa shape index (κ2) is 6.28. The molecule has 0 saturated heterocycles. The van der Waals surface area contributed by atoms with Gasteiger partial charge in [0.2, 0.25) is 0 Å². The van der Waals surface area contributed by atoms with Crippen molar-refractivity contribution < 1.29 is 23.8 Å². The standard InChI is InChI=1S/C8H13O5/c1-4-11-7(9)6(3)13-8(10)12-5-2/h5-6H,4H2,1-3H3/t6-/m1/s1. The van der Waals surface area contributed by atoms with E-state index in [0.717, 1.165) is 0 Å². The van der Waals surface area contributed by atoms with Crippen LogP contribution in [0.3, 0.4) is 0 Å². The summed E-state index contributed by atoms with van der Waals surface area (Å²) in [5, 5.41) is 0. The fourth-order valence-corrected chi connectivity index (χ4v) is 0.576. The van der Waals surface area contributed by atoms with E-state index < -0.39 is 18.2 Å². The predicted octanol–water partition coefficient (Wildman–Crippen LogP) is 1.27. The van der Waals surface area contributed by atoms with Crippen LogP contribution in [-0.4, -0.2) is 24.8 Å². The summed E-state index contributed by atoms with van der Waals surface area (Å²) in [7, 11) is 0. The molecule has 0 saturated carbocycles. The van der Waals surface area contributed by atoms with Gasteiger partial charge < -0.3 is 14.2 Å². The van der Waals surface area contributed by atoms with Crippen LogP contribution in [0.15, 0.2) is 0 Å². The van der Waals surface area contributed by atoms with Crippen molar-refractivity contribution in [2.24, 2.45) is 0 Å². The van der Waals surface area contributed by atoms with Gasteiger partial charge in [0.05, 0.1) is 6.61 Å². The number of rotatable bonds is 4. The number of ether oxygens (including phenoxy) is 3. The molecule has 5 heteroatoms. The van der Waals surface area contributed by atoms with E-state index in [-0.39, 0.29) is 6.61 Å². The van der Waals surface area contributed by atoms with Gasteiger partial charge in [-0.25, -0.2) is 9.59 Å². The highest BCUT2D eigenvalue weighted by Gasteiger charge is 2.19. The minimum atomic E-state index is -0.938. The van der Waals surface area contributed by atoms with Crippen molar-refractivity contribution in [3.63, 3.8) is 0 Å². The summed E-state index contributed by atoms with van der Waals surface area (Å²) in [6.45, 7) is 6.02. The summed E-state index contributed by atoms with van der Waals surface area (Å²) < 4.78 is 13.5. The van der Waals surface area contributed by atoms with Gasteiger partial charge in [-0.2, -0.15) is 0 Å². The van der Waals surface area contributed by atoms with Gasteiger partial charge in [-0.15, -0.1) is 0 Å². The van der Waals surface area contributed by atoms with Crippen molar-refractivity contribution >= 4 is 12.1 Å². The fraction of sp³-hybridized carbons (Fsp3) is 0.625. The Hall–Kier alpha value is -1.26. The minimum Gasteiger partial charge on any atom is -0.463 e. The Morgan fingerprint density at radius 1 is 1.46 bits per heavy atom. The third kappa shape index (κ3) is 5.05. The predicted molar refractivity (Wildman–Crippen MR) is 43.6 cm³/mol. The maximum Gasteiger partial charge on any atom is 0.509 e. The van der Waals surface area contributed by atoms with E-state index in [9.17, 15) is 9.59 Å². The molecule has 75 valence electrons. The molecule has 0 aromatic carbocycles. The first kappa shape index (κ1) is 11.7. The van der Waals surface area contributed by atoms with E-state index in [1.54, 1.807) is 6.92 Å². The summed E-state index contributed by atoms with van der Waals surface area (Å²) in [6.07, 6.45) is -1.85. The van der Waals surface area contributed by atoms with Gasteiger partial charge in [-0.3, -0.25) is 0 Å². The Balaban J connectivity index is 3.78. The van der Waals surface area contributed by atoms with Crippen LogP contribution < -0.4 is 0 Å². The zero-order valence-corrected chi connectivity index (χ0v) is 7.90. The van der Waals surface area contributed by atoms with Gasteiger partial charge in [0.25, 0.3) is 0 Å². The smallest absolute Gasteiger partial charge is 0.463 e. The summed E-state index contributed by atoms with van der Waals surface area (Å²) in [5.41, 5.74) is 0. The monoisotopic (exact) mass is 189 g/mol. The van der Waals surface area contributed by atoms with Crippen molar-refractivity contribution in [1.82, 2.24) is 0 Å². The molecule has 0 aliphatic carbocycles. The van der Waals surface area contributed by atoms with E-state index in [0.29, 0.717) is 0 Å². The summed E-state index contributed by atoms with van der Waals surface area (Å²) in [5.74, 6) is -0.587. The molecule has 5 nitrogen and oxygen atoms in total. The molecule has 0 aliphatic heterocycles. The molecule has 13 heavy (non-hydrogen) atoms. The maximum atomic E-state index is 10.9. The lowest BCUT2D eigenvalue weighted by molar-refractivity contribution is -0.153. The Kier molecular flexibility index (Phi) is 5.67. The molecule has 0 heterocycles. The van der Waals surface area contributed by atoms with Crippen LogP contribution in [0.2, 0.25) is 0 Å². The average Bonchev–Trinajstić information content (AvgIpc) is 2.05. The molecule has 0 rings (SSSR count). The number of carbonyl (C=O) groups is 2. The van der Waals surface area contributed by atoms with Crippen LogP contribution in [-0.2, 0) is 19.0 Å². The number of hydrogen-bond donors (Lipinski definition) is 0. The van der Waals surface area contributed by atoms with Crippen LogP contribution in [0.25, 0.3) is 0 Å². The van der Waals surface area contributed by atoms with Gasteiger partial charge in [-0.1, -0.05) is 0 Å². The Morgan fingerprint density at radius 3 is 2.54 bits per heavy atom. The van der Waals surface area contributed by atoms with Crippen LogP contribution >= 0.6 is 0 Å². The topological polar surface area (TPSA) is 61.8 Å². The summed E-state index contributed by atoms with van der Waals surface area (Å²) >= 11 is 0. The Morgan fingerprint density at radius 2 is 2.08 bits per heavy atom. The third-order valence-corrected chi connectivity index (χ3v) is 1.11. The van der Waals surface area contributed by atoms with Crippen LogP contribution in [0.1, 0.15) is 20.8 Å². The molecular weight excluding hydrogens is 176 g/mol. The van der Waals surface area contributed by atoms with Crippen molar-refractivity contribution in [3.8, 4) is 0 Å². The molecule has 0 aromatic rings. The zero-order valence-electron chi connectivity index (χ0n) is 7.90. The Labute approximate surface area is 77.0 Å². The largest absolute Gasteiger partial charge is 0.509 e. The van der Waals surface area contributed by atoms with Crippen molar-refractivity contribution in [2.75, 3.05) is 6.61 Å². The Bertz CT molecular complexity index is 177. The third-order valence-electron chi connectivity index (χ3n) is 1.11. The fourth-order valence-electron chi connectivity index (χ4n) is 0.576. The molecule has 1 atom stereocenters. The lowest BCUT2D eigenvalue weighted by Crippen LogP contribution is -2.26. The van der Waals surface area contributed by atoms with E-state index in [1.807, 2.05) is 0 Å². The first-order chi connectivity index (χ1) is 6.11.